The molecular formula is C24H43N3O7. The van der Waals surface area contributed by atoms with E-state index in [9.17, 15) is 24.3 Å². The molecule has 0 heterocycles. The average molecular weight is 486 g/mol. The van der Waals surface area contributed by atoms with Crippen LogP contribution >= 0.6 is 0 Å². The zero-order valence-corrected chi connectivity index (χ0v) is 21.5. The quantitative estimate of drug-likeness (QED) is 0.468. The number of carbonyl (C=O) groups excluding carboxylic acids is 3. The topological polar surface area (TPSA) is 157 Å². The van der Waals surface area contributed by atoms with E-state index >= 15 is 0 Å². The van der Waals surface area contributed by atoms with Gasteiger partial charge in [0.25, 0.3) is 0 Å². The fourth-order valence-electron chi connectivity index (χ4n) is 4.13. The third kappa shape index (κ3) is 9.77. The third-order valence-electron chi connectivity index (χ3n) is 5.78. The highest BCUT2D eigenvalue weighted by molar-refractivity contribution is 5.88. The van der Waals surface area contributed by atoms with Crippen molar-refractivity contribution in [1.29, 1.82) is 0 Å². The Labute approximate surface area is 202 Å². The molecule has 0 aromatic heterocycles. The number of hydrogen-bond donors (Lipinski definition) is 4. The Hall–Kier alpha value is -2.52. The van der Waals surface area contributed by atoms with E-state index in [2.05, 4.69) is 10.6 Å². The van der Waals surface area contributed by atoms with E-state index in [1.807, 2.05) is 0 Å². The summed E-state index contributed by atoms with van der Waals surface area (Å²) >= 11 is 0. The van der Waals surface area contributed by atoms with Gasteiger partial charge in [-0.1, -0.05) is 38.5 Å². The minimum absolute atomic E-state index is 0.469. The number of aliphatic carboxylic acids is 1. The highest BCUT2D eigenvalue weighted by atomic mass is 16.6. The maximum Gasteiger partial charge on any atom is 0.408 e. The summed E-state index contributed by atoms with van der Waals surface area (Å²) in [6.45, 7) is 10.6. The first-order valence-corrected chi connectivity index (χ1v) is 12.1. The van der Waals surface area contributed by atoms with Crippen molar-refractivity contribution >= 4 is 24.1 Å². The Kier molecular flexibility index (Phi) is 10.2. The number of carbonyl (C=O) groups is 4. The van der Waals surface area contributed by atoms with E-state index in [4.69, 9.17) is 15.2 Å². The first-order chi connectivity index (χ1) is 15.5. The van der Waals surface area contributed by atoms with Crippen molar-refractivity contribution in [2.45, 2.75) is 128 Å². The Morgan fingerprint density at radius 1 is 0.676 bits per heavy atom. The molecular weight excluding hydrogens is 442 g/mol. The van der Waals surface area contributed by atoms with Gasteiger partial charge in [0.1, 0.15) is 22.3 Å². The molecule has 10 nitrogen and oxygen atoms in total. The molecule has 0 saturated heterocycles. The predicted octanol–water partition coefficient (Wildman–Crippen LogP) is 4.00. The van der Waals surface area contributed by atoms with Crippen molar-refractivity contribution < 1.29 is 33.8 Å². The van der Waals surface area contributed by atoms with Crippen LogP contribution < -0.4 is 16.4 Å². The molecule has 3 amide bonds. The van der Waals surface area contributed by atoms with Crippen LogP contribution in [0.3, 0.4) is 0 Å². The summed E-state index contributed by atoms with van der Waals surface area (Å²) in [6, 6.07) is 0. The minimum Gasteiger partial charge on any atom is -0.480 e. The average Bonchev–Trinajstić information content (AvgIpc) is 2.66. The molecule has 0 aromatic rings. The number of amides is 3. The van der Waals surface area contributed by atoms with Crippen LogP contribution in [0.4, 0.5) is 9.59 Å². The van der Waals surface area contributed by atoms with Crippen molar-refractivity contribution in [3.8, 4) is 0 Å². The smallest absolute Gasteiger partial charge is 0.408 e. The first-order valence-electron chi connectivity index (χ1n) is 12.1. The van der Waals surface area contributed by atoms with Crippen LogP contribution in [0.25, 0.3) is 0 Å². The molecule has 0 bridgehead atoms. The fourth-order valence-corrected chi connectivity index (χ4v) is 4.13. The van der Waals surface area contributed by atoms with Crippen LogP contribution in [0.1, 0.15) is 106 Å². The number of rotatable bonds is 4. The summed E-state index contributed by atoms with van der Waals surface area (Å²) < 4.78 is 10.3. The molecule has 0 unspecified atom stereocenters. The van der Waals surface area contributed by atoms with Crippen molar-refractivity contribution in [2.75, 3.05) is 0 Å². The highest BCUT2D eigenvalue weighted by Gasteiger charge is 2.42. The molecule has 196 valence electrons. The van der Waals surface area contributed by atoms with Crippen molar-refractivity contribution in [3.05, 3.63) is 0 Å². The van der Waals surface area contributed by atoms with Crippen molar-refractivity contribution in [1.82, 2.24) is 10.6 Å². The Morgan fingerprint density at radius 3 is 1.29 bits per heavy atom. The molecule has 2 rings (SSSR count). The second-order valence-electron chi connectivity index (χ2n) is 11.2. The minimum atomic E-state index is -1.14. The number of nitrogens with one attached hydrogen (secondary N) is 2. The van der Waals surface area contributed by atoms with E-state index in [-0.39, 0.29) is 0 Å². The number of nitrogens with two attached hydrogens (primary N) is 1. The summed E-state index contributed by atoms with van der Waals surface area (Å²) in [5, 5.41) is 14.4. The van der Waals surface area contributed by atoms with Gasteiger partial charge in [0.15, 0.2) is 0 Å². The SMILES string of the molecule is CC(C)(C)OC(=O)NC1(C(=O)O)CCCCC1.CC(C)(C)OC(=O)NC1(C(N)=O)CCCCC1. The van der Waals surface area contributed by atoms with E-state index in [1.54, 1.807) is 41.5 Å². The van der Waals surface area contributed by atoms with Gasteiger partial charge in [0, 0.05) is 0 Å². The van der Waals surface area contributed by atoms with Crippen LogP contribution in [-0.4, -0.2) is 51.4 Å². The monoisotopic (exact) mass is 485 g/mol. The van der Waals surface area contributed by atoms with E-state index in [0.717, 1.165) is 38.5 Å². The van der Waals surface area contributed by atoms with Crippen LogP contribution in [0.2, 0.25) is 0 Å². The molecule has 10 heteroatoms. The number of ether oxygens (including phenoxy) is 2. The molecule has 0 spiro atoms. The molecule has 2 fully saturated rings. The first kappa shape index (κ1) is 29.5. The largest absolute Gasteiger partial charge is 0.480 e. The molecule has 2 aliphatic rings. The lowest BCUT2D eigenvalue weighted by molar-refractivity contribution is -0.146. The Morgan fingerprint density at radius 2 is 1.00 bits per heavy atom. The highest BCUT2D eigenvalue weighted by Crippen LogP contribution is 2.29. The number of carboxylic acids is 1. The van der Waals surface area contributed by atoms with Gasteiger partial charge in [-0.2, -0.15) is 0 Å². The van der Waals surface area contributed by atoms with Crippen molar-refractivity contribution in [3.63, 3.8) is 0 Å². The van der Waals surface area contributed by atoms with Gasteiger partial charge in [-0.25, -0.2) is 14.4 Å². The molecule has 0 radical (unpaired) electrons. The van der Waals surface area contributed by atoms with E-state index < -0.39 is 46.3 Å². The number of hydrogen-bond acceptors (Lipinski definition) is 6. The normalized spacial score (nSPS) is 19.5. The van der Waals surface area contributed by atoms with Gasteiger partial charge in [0.2, 0.25) is 5.91 Å². The summed E-state index contributed by atoms with van der Waals surface area (Å²) in [7, 11) is 0. The summed E-state index contributed by atoms with van der Waals surface area (Å²) in [5.41, 5.74) is 2.17. The second-order valence-corrected chi connectivity index (χ2v) is 11.2. The van der Waals surface area contributed by atoms with Crippen LogP contribution in [0.5, 0.6) is 0 Å². The lowest BCUT2D eigenvalue weighted by Crippen LogP contribution is -2.59. The maximum absolute atomic E-state index is 11.7. The van der Waals surface area contributed by atoms with E-state index in [0.29, 0.717) is 25.7 Å². The number of carboxylic acid groups (broad SMARTS) is 1. The molecule has 34 heavy (non-hydrogen) atoms. The summed E-state index contributed by atoms with van der Waals surface area (Å²) in [6.07, 6.45) is 6.46. The van der Waals surface area contributed by atoms with Gasteiger partial charge in [-0.15, -0.1) is 0 Å². The Balaban J connectivity index is 0.000000340. The summed E-state index contributed by atoms with van der Waals surface area (Å²) in [5.74, 6) is -1.44. The molecule has 0 atom stereocenters. The van der Waals surface area contributed by atoms with E-state index in [1.165, 1.54) is 0 Å². The van der Waals surface area contributed by atoms with Crippen LogP contribution in [-0.2, 0) is 19.1 Å². The summed E-state index contributed by atoms with van der Waals surface area (Å²) in [4.78, 5) is 46.2. The molecule has 2 aliphatic carbocycles. The standard InChI is InChI=1S/C12H22N2O3.C12H21NO4/c1-11(2,3)17-10(16)14-12(9(13)15)7-5-4-6-8-12;1-11(2,3)17-10(16)13-12(9(14)15)7-5-4-6-8-12/h4-8H2,1-3H3,(H2,13,15)(H,14,16);4-8H2,1-3H3,(H,13,16)(H,14,15). The molecule has 5 N–H and O–H groups in total. The lowest BCUT2D eigenvalue weighted by Gasteiger charge is -2.35. The van der Waals surface area contributed by atoms with Gasteiger partial charge in [-0.3, -0.25) is 4.79 Å². The van der Waals surface area contributed by atoms with Gasteiger partial charge in [-0.05, 0) is 67.2 Å². The third-order valence-corrected chi connectivity index (χ3v) is 5.78. The van der Waals surface area contributed by atoms with Crippen LogP contribution in [0.15, 0.2) is 0 Å². The van der Waals surface area contributed by atoms with Gasteiger partial charge >= 0.3 is 18.2 Å². The Bertz CT molecular complexity index is 664. The zero-order chi connectivity index (χ0) is 26.2. The van der Waals surface area contributed by atoms with Gasteiger partial charge < -0.3 is 30.9 Å². The number of alkyl carbamates (subject to hydrolysis) is 2. The van der Waals surface area contributed by atoms with Crippen LogP contribution in [0, 0.1) is 0 Å². The van der Waals surface area contributed by atoms with Crippen molar-refractivity contribution in [2.24, 2.45) is 5.73 Å². The lowest BCUT2D eigenvalue weighted by atomic mass is 9.81. The molecule has 2 saturated carbocycles. The number of primary amides is 1. The molecule has 0 aromatic carbocycles. The molecule has 0 aliphatic heterocycles. The maximum atomic E-state index is 11.7. The predicted molar refractivity (Wildman–Crippen MR) is 127 cm³/mol. The fraction of sp³-hybridized carbons (Fsp3) is 0.833. The second kappa shape index (κ2) is 11.8. The zero-order valence-electron chi connectivity index (χ0n) is 21.5. The van der Waals surface area contributed by atoms with Gasteiger partial charge in [0.05, 0.1) is 0 Å².